The average molecular weight is 257 g/mol. The molecule has 0 radical (unpaired) electrons. The van der Waals surface area contributed by atoms with Gasteiger partial charge < -0.3 is 4.90 Å². The molecule has 17 heavy (non-hydrogen) atoms. The lowest BCUT2D eigenvalue weighted by Gasteiger charge is -2.11. The summed E-state index contributed by atoms with van der Waals surface area (Å²) >= 11 is 0. The van der Waals surface area contributed by atoms with E-state index in [2.05, 4.69) is 4.72 Å². The number of rotatable bonds is 5. The van der Waals surface area contributed by atoms with Crippen molar-refractivity contribution in [1.82, 2.24) is 4.72 Å². The SMILES string of the molecule is Cc1ccc(S(=O)(=O)NCC[NH+](C)C)c(C)c1. The Bertz CT molecular complexity index is 481. The summed E-state index contributed by atoms with van der Waals surface area (Å²) in [6, 6.07) is 5.36. The van der Waals surface area contributed by atoms with Gasteiger partial charge in [-0.15, -0.1) is 0 Å². The van der Waals surface area contributed by atoms with Crippen LogP contribution in [0.4, 0.5) is 0 Å². The second-order valence-electron chi connectivity index (χ2n) is 4.62. The quantitative estimate of drug-likeness (QED) is 0.763. The Morgan fingerprint density at radius 2 is 1.88 bits per heavy atom. The number of hydrogen-bond acceptors (Lipinski definition) is 2. The molecular weight excluding hydrogens is 236 g/mol. The van der Waals surface area contributed by atoms with Crippen LogP contribution in [0.3, 0.4) is 0 Å². The summed E-state index contributed by atoms with van der Waals surface area (Å²) in [5.74, 6) is 0. The highest BCUT2D eigenvalue weighted by Gasteiger charge is 2.16. The van der Waals surface area contributed by atoms with Gasteiger partial charge in [0, 0.05) is 0 Å². The molecule has 0 atom stereocenters. The van der Waals surface area contributed by atoms with Gasteiger partial charge in [-0.2, -0.15) is 0 Å². The molecule has 0 amide bonds. The first-order valence-corrected chi connectivity index (χ1v) is 7.17. The van der Waals surface area contributed by atoms with Crippen LogP contribution < -0.4 is 9.62 Å². The molecule has 1 aromatic carbocycles. The topological polar surface area (TPSA) is 50.6 Å². The predicted molar refractivity (Wildman–Crippen MR) is 68.8 cm³/mol. The van der Waals surface area contributed by atoms with Crippen molar-refractivity contribution < 1.29 is 13.3 Å². The lowest BCUT2D eigenvalue weighted by Crippen LogP contribution is -3.06. The fourth-order valence-electron chi connectivity index (χ4n) is 1.61. The van der Waals surface area contributed by atoms with Gasteiger partial charge in [0.25, 0.3) is 0 Å². The summed E-state index contributed by atoms with van der Waals surface area (Å²) in [4.78, 5) is 1.59. The molecule has 0 aliphatic carbocycles. The molecule has 0 aliphatic heterocycles. The number of nitrogens with one attached hydrogen (secondary N) is 2. The van der Waals surface area contributed by atoms with E-state index in [0.717, 1.165) is 17.7 Å². The Labute approximate surface area is 104 Å². The molecule has 1 rings (SSSR count). The second-order valence-corrected chi connectivity index (χ2v) is 6.36. The zero-order valence-corrected chi connectivity index (χ0v) is 11.7. The van der Waals surface area contributed by atoms with Crippen LogP contribution in [0.25, 0.3) is 0 Å². The lowest BCUT2D eigenvalue weighted by molar-refractivity contribution is -0.856. The van der Waals surface area contributed by atoms with Gasteiger partial charge in [0.1, 0.15) is 0 Å². The van der Waals surface area contributed by atoms with Crippen molar-refractivity contribution in [3.8, 4) is 0 Å². The molecule has 0 fully saturated rings. The monoisotopic (exact) mass is 257 g/mol. The van der Waals surface area contributed by atoms with Gasteiger partial charge in [0.2, 0.25) is 10.0 Å². The summed E-state index contributed by atoms with van der Waals surface area (Å²) in [7, 11) is 0.616. The molecule has 5 heteroatoms. The minimum atomic E-state index is -3.37. The summed E-state index contributed by atoms with van der Waals surface area (Å²) in [5.41, 5.74) is 1.86. The van der Waals surface area contributed by atoms with Gasteiger partial charge >= 0.3 is 0 Å². The Balaban J connectivity index is 2.83. The van der Waals surface area contributed by atoms with Gasteiger partial charge in [-0.3, -0.25) is 0 Å². The third-order valence-corrected chi connectivity index (χ3v) is 4.16. The van der Waals surface area contributed by atoms with E-state index in [1.165, 1.54) is 4.90 Å². The first kappa shape index (κ1) is 14.2. The Morgan fingerprint density at radius 3 is 2.41 bits per heavy atom. The van der Waals surface area contributed by atoms with Crippen molar-refractivity contribution in [3.63, 3.8) is 0 Å². The molecule has 96 valence electrons. The Hall–Kier alpha value is -0.910. The zero-order chi connectivity index (χ0) is 13.1. The third-order valence-electron chi connectivity index (χ3n) is 2.54. The van der Waals surface area contributed by atoms with Crippen molar-refractivity contribution in [3.05, 3.63) is 29.3 Å². The van der Waals surface area contributed by atoms with Crippen LogP contribution in [0, 0.1) is 13.8 Å². The molecule has 0 aromatic heterocycles. The number of likely N-dealkylation sites (N-methyl/N-ethyl adjacent to an activating group) is 1. The fraction of sp³-hybridized carbons (Fsp3) is 0.500. The van der Waals surface area contributed by atoms with Crippen LogP contribution in [0.1, 0.15) is 11.1 Å². The van der Waals surface area contributed by atoms with E-state index in [0.29, 0.717) is 11.4 Å². The number of sulfonamides is 1. The van der Waals surface area contributed by atoms with Crippen molar-refractivity contribution in [1.29, 1.82) is 0 Å². The largest absolute Gasteiger partial charge is 0.339 e. The smallest absolute Gasteiger partial charge is 0.241 e. The minimum Gasteiger partial charge on any atom is -0.339 e. The van der Waals surface area contributed by atoms with Crippen LogP contribution in [-0.4, -0.2) is 35.6 Å². The maximum atomic E-state index is 12.0. The lowest BCUT2D eigenvalue weighted by atomic mass is 10.2. The molecule has 0 saturated carbocycles. The van der Waals surface area contributed by atoms with Crippen molar-refractivity contribution in [2.24, 2.45) is 0 Å². The first-order chi connectivity index (χ1) is 7.83. The van der Waals surface area contributed by atoms with Crippen LogP contribution in [-0.2, 0) is 10.0 Å². The van der Waals surface area contributed by atoms with Gasteiger partial charge in [-0.25, -0.2) is 13.1 Å². The highest BCUT2D eigenvalue weighted by molar-refractivity contribution is 7.89. The summed E-state index contributed by atoms with van der Waals surface area (Å²) in [6.07, 6.45) is 0. The van der Waals surface area contributed by atoms with E-state index < -0.39 is 10.0 Å². The molecule has 0 bridgehead atoms. The molecule has 0 spiro atoms. The van der Waals surface area contributed by atoms with Crippen molar-refractivity contribution in [2.75, 3.05) is 27.2 Å². The van der Waals surface area contributed by atoms with Gasteiger partial charge in [-0.05, 0) is 25.5 Å². The maximum absolute atomic E-state index is 12.0. The molecular formula is C12H21N2O2S+. The van der Waals surface area contributed by atoms with Crippen LogP contribution in [0.15, 0.2) is 23.1 Å². The molecule has 0 saturated heterocycles. The van der Waals surface area contributed by atoms with Gasteiger partial charge in [0.05, 0.1) is 32.1 Å². The number of hydrogen-bond donors (Lipinski definition) is 2. The van der Waals surface area contributed by atoms with E-state index in [-0.39, 0.29) is 0 Å². The molecule has 1 aromatic rings. The number of aryl methyl sites for hydroxylation is 2. The summed E-state index contributed by atoms with van der Waals surface area (Å²) < 4.78 is 26.7. The number of benzene rings is 1. The zero-order valence-electron chi connectivity index (χ0n) is 10.9. The van der Waals surface area contributed by atoms with E-state index in [9.17, 15) is 8.42 Å². The molecule has 0 heterocycles. The van der Waals surface area contributed by atoms with E-state index in [4.69, 9.17) is 0 Å². The normalized spacial score (nSPS) is 12.1. The van der Waals surface area contributed by atoms with Gasteiger partial charge in [0.15, 0.2) is 0 Å². The van der Waals surface area contributed by atoms with E-state index >= 15 is 0 Å². The highest BCUT2D eigenvalue weighted by Crippen LogP contribution is 2.15. The first-order valence-electron chi connectivity index (χ1n) is 5.69. The molecule has 2 N–H and O–H groups in total. The number of quaternary nitrogens is 1. The molecule has 0 aliphatic rings. The Morgan fingerprint density at radius 1 is 1.24 bits per heavy atom. The Kier molecular flexibility index (Phi) is 4.68. The third kappa shape index (κ3) is 4.11. The van der Waals surface area contributed by atoms with Crippen LogP contribution >= 0.6 is 0 Å². The maximum Gasteiger partial charge on any atom is 0.241 e. The van der Waals surface area contributed by atoms with Crippen LogP contribution in [0.5, 0.6) is 0 Å². The fourth-order valence-corrected chi connectivity index (χ4v) is 2.87. The van der Waals surface area contributed by atoms with E-state index in [1.807, 2.05) is 40.1 Å². The van der Waals surface area contributed by atoms with E-state index in [1.54, 1.807) is 6.07 Å². The average Bonchev–Trinajstić information content (AvgIpc) is 2.15. The molecule has 4 nitrogen and oxygen atoms in total. The second kappa shape index (κ2) is 5.62. The molecule has 0 unspecified atom stereocenters. The minimum absolute atomic E-state index is 0.372. The highest BCUT2D eigenvalue weighted by atomic mass is 32.2. The van der Waals surface area contributed by atoms with Crippen molar-refractivity contribution in [2.45, 2.75) is 18.7 Å². The summed E-state index contributed by atoms with van der Waals surface area (Å²) in [5, 5.41) is 0. The standard InChI is InChI=1S/C12H20N2O2S/c1-10-5-6-12(11(2)9-10)17(15,16)13-7-8-14(3)4/h5-6,9,13H,7-8H2,1-4H3/p+1. The predicted octanol–water partition coefficient (Wildman–Crippen LogP) is -0.274. The van der Waals surface area contributed by atoms with Crippen molar-refractivity contribution >= 4 is 10.0 Å². The van der Waals surface area contributed by atoms with Gasteiger partial charge in [-0.1, -0.05) is 17.7 Å². The van der Waals surface area contributed by atoms with Crippen LogP contribution in [0.2, 0.25) is 0 Å². The summed E-state index contributed by atoms with van der Waals surface area (Å²) in [6.45, 7) is 4.99.